The Balaban J connectivity index is 1.73. The molecule has 7 heteroatoms. The second-order valence-corrected chi connectivity index (χ2v) is 9.26. The van der Waals surface area contributed by atoms with E-state index in [1.165, 1.54) is 23.4 Å². The van der Waals surface area contributed by atoms with Crippen LogP contribution >= 0.6 is 0 Å². The molecule has 0 saturated carbocycles. The summed E-state index contributed by atoms with van der Waals surface area (Å²) in [7, 11) is -3.13. The Kier molecular flexibility index (Phi) is 6.45. The summed E-state index contributed by atoms with van der Waals surface area (Å²) < 4.78 is 24.5. The lowest BCUT2D eigenvalue weighted by molar-refractivity contribution is -0.126. The van der Waals surface area contributed by atoms with E-state index in [4.69, 9.17) is 0 Å². The third-order valence-corrected chi connectivity index (χ3v) is 6.48. The van der Waals surface area contributed by atoms with E-state index >= 15 is 0 Å². The molecule has 0 spiro atoms. The molecular weight excluding hydrogens is 314 g/mol. The first-order valence-corrected chi connectivity index (χ1v) is 10.6. The van der Waals surface area contributed by atoms with Crippen molar-refractivity contribution in [1.82, 2.24) is 14.5 Å². The van der Waals surface area contributed by atoms with E-state index in [2.05, 4.69) is 24.1 Å². The van der Waals surface area contributed by atoms with E-state index in [-0.39, 0.29) is 11.8 Å². The highest BCUT2D eigenvalue weighted by Crippen LogP contribution is 2.20. The SMILES string of the molecule is C[C@@H]1CCCN([C@H](C)CNC(=O)C2CCN(S(C)(=O)=O)CC2)C1. The lowest BCUT2D eigenvalue weighted by Crippen LogP contribution is -2.48. The number of carbonyl (C=O) groups excluding carboxylic acids is 1. The van der Waals surface area contributed by atoms with Gasteiger partial charge >= 0.3 is 0 Å². The predicted molar refractivity (Wildman–Crippen MR) is 91.6 cm³/mol. The van der Waals surface area contributed by atoms with Crippen molar-refractivity contribution in [3.63, 3.8) is 0 Å². The van der Waals surface area contributed by atoms with Crippen molar-refractivity contribution in [1.29, 1.82) is 0 Å². The van der Waals surface area contributed by atoms with Crippen molar-refractivity contribution in [3.8, 4) is 0 Å². The first-order chi connectivity index (χ1) is 10.8. The fraction of sp³-hybridized carbons (Fsp3) is 0.938. The van der Waals surface area contributed by atoms with Gasteiger partial charge in [0.2, 0.25) is 15.9 Å². The molecule has 0 aliphatic carbocycles. The maximum Gasteiger partial charge on any atom is 0.223 e. The number of rotatable bonds is 5. The molecule has 2 heterocycles. The first kappa shape index (κ1) is 18.7. The van der Waals surface area contributed by atoms with Gasteiger partial charge in [0.15, 0.2) is 0 Å². The molecule has 0 unspecified atom stereocenters. The Labute approximate surface area is 140 Å². The third kappa shape index (κ3) is 5.43. The van der Waals surface area contributed by atoms with Crippen molar-refractivity contribution in [2.45, 2.75) is 45.6 Å². The minimum Gasteiger partial charge on any atom is -0.354 e. The standard InChI is InChI=1S/C16H31N3O3S/c1-13-5-4-8-18(12-13)14(2)11-17-16(20)15-6-9-19(10-7-15)23(3,21)22/h13-15H,4-12H2,1-3H3,(H,17,20)/t13-,14-/m1/s1. The van der Waals surface area contributed by atoms with Crippen molar-refractivity contribution >= 4 is 15.9 Å². The summed E-state index contributed by atoms with van der Waals surface area (Å²) in [5.41, 5.74) is 0. The number of sulfonamides is 1. The topological polar surface area (TPSA) is 69.7 Å². The minimum atomic E-state index is -3.13. The van der Waals surface area contributed by atoms with E-state index in [0.29, 0.717) is 38.5 Å². The van der Waals surface area contributed by atoms with Crippen LogP contribution in [0.1, 0.15) is 39.5 Å². The molecule has 1 N–H and O–H groups in total. The van der Waals surface area contributed by atoms with Gasteiger partial charge in [-0.2, -0.15) is 0 Å². The van der Waals surface area contributed by atoms with Gasteiger partial charge in [0.05, 0.1) is 6.26 Å². The highest BCUT2D eigenvalue weighted by molar-refractivity contribution is 7.88. The Hall–Kier alpha value is -0.660. The quantitative estimate of drug-likeness (QED) is 0.804. The number of piperidine rings is 2. The summed E-state index contributed by atoms with van der Waals surface area (Å²) in [6, 6.07) is 0.359. The van der Waals surface area contributed by atoms with Gasteiger partial charge < -0.3 is 5.32 Å². The van der Waals surface area contributed by atoms with E-state index in [1.54, 1.807) is 0 Å². The van der Waals surface area contributed by atoms with Crippen molar-refractivity contribution < 1.29 is 13.2 Å². The molecule has 0 aromatic carbocycles. The smallest absolute Gasteiger partial charge is 0.223 e. The number of hydrogen-bond donors (Lipinski definition) is 1. The number of likely N-dealkylation sites (tertiary alicyclic amines) is 1. The maximum absolute atomic E-state index is 12.3. The lowest BCUT2D eigenvalue weighted by atomic mass is 9.97. The largest absolute Gasteiger partial charge is 0.354 e. The van der Waals surface area contributed by atoms with Crippen LogP contribution in [0, 0.1) is 11.8 Å². The molecule has 6 nitrogen and oxygen atoms in total. The van der Waals surface area contributed by atoms with Crippen LogP contribution < -0.4 is 5.32 Å². The van der Waals surface area contributed by atoms with Gasteiger partial charge in [0, 0.05) is 38.1 Å². The zero-order chi connectivity index (χ0) is 17.0. The molecule has 0 radical (unpaired) electrons. The first-order valence-electron chi connectivity index (χ1n) is 8.74. The van der Waals surface area contributed by atoms with Crippen molar-refractivity contribution in [3.05, 3.63) is 0 Å². The second-order valence-electron chi connectivity index (χ2n) is 7.27. The van der Waals surface area contributed by atoms with E-state index in [1.807, 2.05) is 0 Å². The predicted octanol–water partition coefficient (Wildman–Crippen LogP) is 0.895. The molecule has 134 valence electrons. The molecule has 0 bridgehead atoms. The van der Waals surface area contributed by atoms with Crippen molar-refractivity contribution in [2.75, 3.05) is 39.0 Å². The van der Waals surface area contributed by atoms with Crippen LogP contribution in [-0.4, -0.2) is 68.6 Å². The molecule has 2 rings (SSSR count). The number of amides is 1. The van der Waals surface area contributed by atoms with Crippen LogP contribution in [0.3, 0.4) is 0 Å². The van der Waals surface area contributed by atoms with Crippen LogP contribution in [0.4, 0.5) is 0 Å². The number of nitrogens with zero attached hydrogens (tertiary/aromatic N) is 2. The fourth-order valence-electron chi connectivity index (χ4n) is 3.60. The lowest BCUT2D eigenvalue weighted by Gasteiger charge is -2.36. The summed E-state index contributed by atoms with van der Waals surface area (Å²) in [4.78, 5) is 14.8. The zero-order valence-electron chi connectivity index (χ0n) is 14.6. The van der Waals surface area contributed by atoms with E-state index in [0.717, 1.165) is 19.0 Å². The second kappa shape index (κ2) is 7.94. The van der Waals surface area contributed by atoms with E-state index < -0.39 is 10.0 Å². The normalized spacial score (nSPS) is 26.8. The maximum atomic E-state index is 12.3. The van der Waals surface area contributed by atoms with Gasteiger partial charge in [-0.25, -0.2) is 12.7 Å². The van der Waals surface area contributed by atoms with Gasteiger partial charge in [0.25, 0.3) is 0 Å². The van der Waals surface area contributed by atoms with Crippen LogP contribution in [0.25, 0.3) is 0 Å². The molecule has 0 aromatic heterocycles. The summed E-state index contributed by atoms with van der Waals surface area (Å²) in [6.07, 6.45) is 5.01. The Bertz CT molecular complexity index is 501. The van der Waals surface area contributed by atoms with Crippen LogP contribution in [0.5, 0.6) is 0 Å². The molecule has 1 amide bonds. The molecule has 23 heavy (non-hydrogen) atoms. The molecule has 2 atom stereocenters. The number of hydrogen-bond acceptors (Lipinski definition) is 4. The summed E-state index contributed by atoms with van der Waals surface area (Å²) in [5, 5.41) is 3.07. The summed E-state index contributed by atoms with van der Waals surface area (Å²) in [6.45, 7) is 8.28. The average Bonchev–Trinajstić information content (AvgIpc) is 2.51. The summed E-state index contributed by atoms with van der Waals surface area (Å²) in [5.74, 6) is 0.762. The van der Waals surface area contributed by atoms with E-state index in [9.17, 15) is 13.2 Å². The van der Waals surface area contributed by atoms with Crippen molar-refractivity contribution in [2.24, 2.45) is 11.8 Å². The van der Waals surface area contributed by atoms with Gasteiger partial charge in [-0.1, -0.05) is 6.92 Å². The molecule has 2 saturated heterocycles. The zero-order valence-corrected chi connectivity index (χ0v) is 15.4. The van der Waals surface area contributed by atoms with Crippen LogP contribution in [0.15, 0.2) is 0 Å². The number of nitrogens with one attached hydrogen (secondary N) is 1. The minimum absolute atomic E-state index is 0.0551. The highest BCUT2D eigenvalue weighted by Gasteiger charge is 2.29. The van der Waals surface area contributed by atoms with Gasteiger partial charge in [0.1, 0.15) is 0 Å². The van der Waals surface area contributed by atoms with Crippen LogP contribution in [-0.2, 0) is 14.8 Å². The Morgan fingerprint density at radius 1 is 1.22 bits per heavy atom. The monoisotopic (exact) mass is 345 g/mol. The van der Waals surface area contributed by atoms with Crippen LogP contribution in [0.2, 0.25) is 0 Å². The molecule has 2 aliphatic rings. The highest BCUT2D eigenvalue weighted by atomic mass is 32.2. The number of carbonyl (C=O) groups is 1. The van der Waals surface area contributed by atoms with Gasteiger partial charge in [-0.3, -0.25) is 9.69 Å². The Morgan fingerprint density at radius 3 is 2.43 bits per heavy atom. The average molecular weight is 346 g/mol. The van der Waals surface area contributed by atoms with Gasteiger partial charge in [-0.15, -0.1) is 0 Å². The molecular formula is C16H31N3O3S. The molecule has 2 aliphatic heterocycles. The fourth-order valence-corrected chi connectivity index (χ4v) is 4.47. The van der Waals surface area contributed by atoms with Gasteiger partial charge in [-0.05, 0) is 45.1 Å². The summed E-state index contributed by atoms with van der Waals surface area (Å²) >= 11 is 0. The molecule has 0 aromatic rings. The molecule has 2 fully saturated rings. The Morgan fingerprint density at radius 2 is 1.87 bits per heavy atom. The third-order valence-electron chi connectivity index (χ3n) is 5.18.